The number of hydrogen-bond acceptors (Lipinski definition) is 2. The van der Waals surface area contributed by atoms with E-state index in [2.05, 4.69) is 11.4 Å². The largest absolute Gasteiger partial charge is 0.326 e. The minimum Gasteiger partial charge on any atom is -0.308 e. The van der Waals surface area contributed by atoms with Crippen LogP contribution in [0.15, 0.2) is 48.5 Å². The standard InChI is InChI=1S/C15H12ClN3O/c1-19(14-5-3-2-4-11(14)10-17)15(20)18-13-8-6-12(16)7-9-13/h2-9H,1H3,(H,18,20). The van der Waals surface area contributed by atoms with Gasteiger partial charge in [-0.05, 0) is 36.4 Å². The molecule has 0 aliphatic heterocycles. The van der Waals surface area contributed by atoms with E-state index >= 15 is 0 Å². The summed E-state index contributed by atoms with van der Waals surface area (Å²) in [6.45, 7) is 0. The second-order valence-corrected chi connectivity index (χ2v) is 4.56. The van der Waals surface area contributed by atoms with Crippen LogP contribution in [0.25, 0.3) is 0 Å². The van der Waals surface area contributed by atoms with Crippen molar-refractivity contribution in [1.82, 2.24) is 0 Å². The van der Waals surface area contributed by atoms with Crippen LogP contribution >= 0.6 is 11.6 Å². The Balaban J connectivity index is 2.17. The normalized spacial score (nSPS) is 9.65. The van der Waals surface area contributed by atoms with Crippen LogP contribution in [0.4, 0.5) is 16.2 Å². The second kappa shape index (κ2) is 6.09. The van der Waals surface area contributed by atoms with Gasteiger partial charge in [0.2, 0.25) is 0 Å². The van der Waals surface area contributed by atoms with Gasteiger partial charge in [-0.1, -0.05) is 23.7 Å². The van der Waals surface area contributed by atoms with Crippen LogP contribution < -0.4 is 10.2 Å². The lowest BCUT2D eigenvalue weighted by molar-refractivity contribution is 0.258. The molecule has 2 amide bonds. The second-order valence-electron chi connectivity index (χ2n) is 4.13. The first kappa shape index (κ1) is 13.9. The highest BCUT2D eigenvalue weighted by molar-refractivity contribution is 6.30. The number of carbonyl (C=O) groups excluding carboxylic acids is 1. The first-order valence-electron chi connectivity index (χ1n) is 5.91. The van der Waals surface area contributed by atoms with Gasteiger partial charge in [-0.3, -0.25) is 4.90 Å². The van der Waals surface area contributed by atoms with Crippen molar-refractivity contribution in [3.63, 3.8) is 0 Å². The van der Waals surface area contributed by atoms with E-state index in [9.17, 15) is 4.79 Å². The lowest BCUT2D eigenvalue weighted by atomic mass is 10.2. The molecule has 0 saturated carbocycles. The molecule has 0 bridgehead atoms. The molecule has 4 nitrogen and oxygen atoms in total. The maximum Gasteiger partial charge on any atom is 0.326 e. The number of para-hydroxylation sites is 1. The summed E-state index contributed by atoms with van der Waals surface area (Å²) in [7, 11) is 1.61. The van der Waals surface area contributed by atoms with Crippen molar-refractivity contribution < 1.29 is 4.79 Å². The number of hydrogen-bond donors (Lipinski definition) is 1. The third-order valence-electron chi connectivity index (χ3n) is 2.79. The van der Waals surface area contributed by atoms with Crippen molar-refractivity contribution >= 4 is 29.0 Å². The molecule has 2 aromatic rings. The average Bonchev–Trinajstić information content (AvgIpc) is 2.48. The number of amides is 2. The van der Waals surface area contributed by atoms with Crippen LogP contribution in [0.1, 0.15) is 5.56 Å². The molecule has 0 saturated heterocycles. The lowest BCUT2D eigenvalue weighted by Crippen LogP contribution is -2.31. The molecule has 0 aliphatic carbocycles. The number of benzene rings is 2. The zero-order valence-corrected chi connectivity index (χ0v) is 11.6. The highest BCUT2D eigenvalue weighted by Gasteiger charge is 2.14. The fraction of sp³-hybridized carbons (Fsp3) is 0.0667. The van der Waals surface area contributed by atoms with Gasteiger partial charge < -0.3 is 5.32 Å². The van der Waals surface area contributed by atoms with E-state index in [4.69, 9.17) is 16.9 Å². The Morgan fingerprint density at radius 3 is 2.50 bits per heavy atom. The predicted octanol–water partition coefficient (Wildman–Crippen LogP) is 3.88. The SMILES string of the molecule is CN(C(=O)Nc1ccc(Cl)cc1)c1ccccc1C#N. The summed E-state index contributed by atoms with van der Waals surface area (Å²) in [6.07, 6.45) is 0. The molecule has 5 heteroatoms. The third kappa shape index (κ3) is 3.08. The van der Waals surface area contributed by atoms with Gasteiger partial charge in [0.05, 0.1) is 11.3 Å². The van der Waals surface area contributed by atoms with E-state index in [-0.39, 0.29) is 6.03 Å². The Hall–Kier alpha value is -2.51. The van der Waals surface area contributed by atoms with Crippen LogP contribution in [-0.4, -0.2) is 13.1 Å². The van der Waals surface area contributed by atoms with E-state index in [1.807, 2.05) is 0 Å². The van der Waals surface area contributed by atoms with Gasteiger partial charge in [-0.15, -0.1) is 0 Å². The summed E-state index contributed by atoms with van der Waals surface area (Å²) in [6, 6.07) is 15.5. The molecular weight excluding hydrogens is 274 g/mol. The molecular formula is C15H12ClN3O. The Morgan fingerprint density at radius 2 is 1.85 bits per heavy atom. The average molecular weight is 286 g/mol. The van der Waals surface area contributed by atoms with E-state index in [0.717, 1.165) is 0 Å². The number of carbonyl (C=O) groups is 1. The topological polar surface area (TPSA) is 56.1 Å². The first-order valence-corrected chi connectivity index (χ1v) is 6.29. The monoisotopic (exact) mass is 285 g/mol. The number of urea groups is 1. The van der Waals surface area contributed by atoms with E-state index in [0.29, 0.717) is 22.0 Å². The van der Waals surface area contributed by atoms with Gasteiger partial charge in [0, 0.05) is 17.8 Å². The first-order chi connectivity index (χ1) is 9.61. The van der Waals surface area contributed by atoms with Gasteiger partial charge in [0.1, 0.15) is 6.07 Å². The summed E-state index contributed by atoms with van der Waals surface area (Å²) < 4.78 is 0. The van der Waals surface area contributed by atoms with Crippen LogP contribution in [-0.2, 0) is 0 Å². The fourth-order valence-electron chi connectivity index (χ4n) is 1.71. The van der Waals surface area contributed by atoms with Gasteiger partial charge in [0.15, 0.2) is 0 Å². The summed E-state index contributed by atoms with van der Waals surface area (Å²) in [4.78, 5) is 13.5. The molecule has 1 N–H and O–H groups in total. The van der Waals surface area contributed by atoms with Crippen molar-refractivity contribution in [2.24, 2.45) is 0 Å². The Kier molecular flexibility index (Phi) is 4.24. The molecule has 0 fully saturated rings. The molecule has 0 unspecified atom stereocenters. The van der Waals surface area contributed by atoms with Gasteiger partial charge >= 0.3 is 6.03 Å². The van der Waals surface area contributed by atoms with Gasteiger partial charge in [-0.2, -0.15) is 5.26 Å². The predicted molar refractivity (Wildman–Crippen MR) is 80.0 cm³/mol. The number of nitriles is 1. The van der Waals surface area contributed by atoms with Crippen LogP contribution in [0.3, 0.4) is 0 Å². The summed E-state index contributed by atoms with van der Waals surface area (Å²) in [5, 5.41) is 12.4. The summed E-state index contributed by atoms with van der Waals surface area (Å²) in [5.41, 5.74) is 1.64. The van der Waals surface area contributed by atoms with Crippen molar-refractivity contribution in [3.05, 3.63) is 59.1 Å². The molecule has 0 aliphatic rings. The quantitative estimate of drug-likeness (QED) is 0.910. The van der Waals surface area contributed by atoms with E-state index < -0.39 is 0 Å². The van der Waals surface area contributed by atoms with Crippen molar-refractivity contribution in [2.45, 2.75) is 0 Å². The number of nitrogens with zero attached hydrogens (tertiary/aromatic N) is 2. The van der Waals surface area contributed by atoms with E-state index in [1.54, 1.807) is 55.6 Å². The van der Waals surface area contributed by atoms with E-state index in [1.165, 1.54) is 4.90 Å². The summed E-state index contributed by atoms with van der Waals surface area (Å²) >= 11 is 5.79. The highest BCUT2D eigenvalue weighted by Crippen LogP contribution is 2.20. The zero-order valence-electron chi connectivity index (χ0n) is 10.8. The maximum absolute atomic E-state index is 12.1. The molecule has 0 radical (unpaired) electrons. The molecule has 2 rings (SSSR count). The minimum atomic E-state index is -0.324. The summed E-state index contributed by atoms with van der Waals surface area (Å²) in [5.74, 6) is 0. The lowest BCUT2D eigenvalue weighted by Gasteiger charge is -2.19. The molecule has 0 heterocycles. The number of anilines is 2. The minimum absolute atomic E-state index is 0.324. The maximum atomic E-state index is 12.1. The van der Waals surface area contributed by atoms with Crippen LogP contribution in [0, 0.1) is 11.3 Å². The Labute approximate surface area is 122 Å². The molecule has 0 spiro atoms. The molecule has 2 aromatic carbocycles. The highest BCUT2D eigenvalue weighted by atomic mass is 35.5. The third-order valence-corrected chi connectivity index (χ3v) is 3.04. The van der Waals surface area contributed by atoms with Crippen molar-refractivity contribution in [2.75, 3.05) is 17.3 Å². The van der Waals surface area contributed by atoms with Crippen LogP contribution in [0.2, 0.25) is 5.02 Å². The van der Waals surface area contributed by atoms with Gasteiger partial charge in [-0.25, -0.2) is 4.79 Å². The smallest absolute Gasteiger partial charge is 0.308 e. The Bertz CT molecular complexity index is 662. The molecule has 20 heavy (non-hydrogen) atoms. The van der Waals surface area contributed by atoms with Crippen molar-refractivity contribution in [3.8, 4) is 6.07 Å². The number of halogens is 1. The fourth-order valence-corrected chi connectivity index (χ4v) is 1.84. The van der Waals surface area contributed by atoms with Crippen molar-refractivity contribution in [1.29, 1.82) is 5.26 Å². The Morgan fingerprint density at radius 1 is 1.20 bits per heavy atom. The molecule has 100 valence electrons. The van der Waals surface area contributed by atoms with Crippen LogP contribution in [0.5, 0.6) is 0 Å². The number of nitrogens with one attached hydrogen (secondary N) is 1. The molecule has 0 atom stereocenters. The van der Waals surface area contributed by atoms with Gasteiger partial charge in [0.25, 0.3) is 0 Å². The zero-order chi connectivity index (χ0) is 14.5. The molecule has 0 aromatic heterocycles. The number of rotatable bonds is 2.